The number of halogens is 1. The molecule has 0 bridgehead atoms. The predicted molar refractivity (Wildman–Crippen MR) is 109 cm³/mol. The van der Waals surface area contributed by atoms with Gasteiger partial charge < -0.3 is 10.1 Å². The van der Waals surface area contributed by atoms with E-state index in [0.29, 0.717) is 10.8 Å². The van der Waals surface area contributed by atoms with Crippen LogP contribution < -0.4 is 5.32 Å². The molecule has 9 heteroatoms. The lowest BCUT2D eigenvalue weighted by Crippen LogP contribution is -2.35. The van der Waals surface area contributed by atoms with Crippen molar-refractivity contribution < 1.29 is 9.53 Å². The molecule has 0 spiro atoms. The predicted octanol–water partition coefficient (Wildman–Crippen LogP) is 2.46. The molecule has 1 amide bonds. The zero-order valence-electron chi connectivity index (χ0n) is 15.8. The molecular formula is C20H21ClN6O2. The first-order valence-corrected chi connectivity index (χ1v) is 9.76. The van der Waals surface area contributed by atoms with Gasteiger partial charge in [0.15, 0.2) is 0 Å². The Morgan fingerprint density at radius 3 is 2.69 bits per heavy atom. The number of nitrogens with one attached hydrogen (secondary N) is 1. The normalized spacial score (nSPS) is 14.7. The van der Waals surface area contributed by atoms with Crippen molar-refractivity contribution in [2.75, 3.05) is 31.6 Å². The van der Waals surface area contributed by atoms with Crippen LogP contribution in [0.1, 0.15) is 5.56 Å². The third kappa shape index (κ3) is 5.38. The van der Waals surface area contributed by atoms with Gasteiger partial charge in [-0.05, 0) is 35.0 Å². The number of tetrazole rings is 1. The van der Waals surface area contributed by atoms with E-state index in [2.05, 4.69) is 25.6 Å². The number of benzene rings is 2. The van der Waals surface area contributed by atoms with Crippen LogP contribution in [0.5, 0.6) is 0 Å². The van der Waals surface area contributed by atoms with Gasteiger partial charge in [0.2, 0.25) is 11.7 Å². The molecule has 0 radical (unpaired) electrons. The van der Waals surface area contributed by atoms with Crippen LogP contribution in [0.3, 0.4) is 0 Å². The largest absolute Gasteiger partial charge is 0.379 e. The molecule has 1 fully saturated rings. The smallest absolute Gasteiger partial charge is 0.248 e. The van der Waals surface area contributed by atoms with Crippen molar-refractivity contribution in [2.45, 2.75) is 13.1 Å². The summed E-state index contributed by atoms with van der Waals surface area (Å²) in [6.07, 6.45) is 0. The van der Waals surface area contributed by atoms with Crippen molar-refractivity contribution in [3.8, 4) is 11.4 Å². The molecular weight excluding hydrogens is 392 g/mol. The molecule has 0 unspecified atom stereocenters. The molecule has 1 aromatic heterocycles. The summed E-state index contributed by atoms with van der Waals surface area (Å²) in [7, 11) is 0. The van der Waals surface area contributed by atoms with E-state index in [1.54, 1.807) is 12.1 Å². The van der Waals surface area contributed by atoms with Crippen LogP contribution in [0, 0.1) is 0 Å². The van der Waals surface area contributed by atoms with Gasteiger partial charge in [0, 0.05) is 35.9 Å². The summed E-state index contributed by atoms with van der Waals surface area (Å²) in [4.78, 5) is 15.9. The van der Waals surface area contributed by atoms with Crippen molar-refractivity contribution >= 4 is 23.2 Å². The number of morpholine rings is 1. The van der Waals surface area contributed by atoms with E-state index in [4.69, 9.17) is 16.3 Å². The Kier molecular flexibility index (Phi) is 6.14. The summed E-state index contributed by atoms with van der Waals surface area (Å²) in [5, 5.41) is 15.6. The average Bonchev–Trinajstić information content (AvgIpc) is 3.19. The summed E-state index contributed by atoms with van der Waals surface area (Å²) < 4.78 is 5.37. The minimum Gasteiger partial charge on any atom is -0.379 e. The number of rotatable bonds is 6. The number of aromatic nitrogens is 4. The molecule has 29 heavy (non-hydrogen) atoms. The molecule has 0 atom stereocenters. The number of hydrogen-bond donors (Lipinski definition) is 1. The van der Waals surface area contributed by atoms with Gasteiger partial charge in [-0.2, -0.15) is 4.80 Å². The number of carbonyl (C=O) groups excluding carboxylic acids is 1. The maximum atomic E-state index is 12.3. The number of carbonyl (C=O) groups is 1. The van der Waals surface area contributed by atoms with Gasteiger partial charge in [0.05, 0.1) is 13.2 Å². The Morgan fingerprint density at radius 2 is 1.93 bits per heavy atom. The Bertz CT molecular complexity index is 969. The maximum Gasteiger partial charge on any atom is 0.248 e. The first-order chi connectivity index (χ1) is 14.2. The topological polar surface area (TPSA) is 85.2 Å². The zero-order chi connectivity index (χ0) is 20.1. The van der Waals surface area contributed by atoms with Crippen LogP contribution in [0.25, 0.3) is 11.4 Å². The summed E-state index contributed by atoms with van der Waals surface area (Å²) in [5.41, 5.74) is 2.69. The van der Waals surface area contributed by atoms with E-state index in [0.717, 1.165) is 44.1 Å². The van der Waals surface area contributed by atoms with Crippen LogP contribution >= 0.6 is 11.6 Å². The Morgan fingerprint density at radius 1 is 1.14 bits per heavy atom. The SMILES string of the molecule is O=C(Cn1nnc(-c2cccc(Cl)c2)n1)Nc1ccc(CN2CCOCC2)cc1. The third-order valence-electron chi connectivity index (χ3n) is 4.57. The highest BCUT2D eigenvalue weighted by Crippen LogP contribution is 2.18. The number of ether oxygens (including phenoxy) is 1. The molecule has 2 aromatic carbocycles. The van der Waals surface area contributed by atoms with Gasteiger partial charge in [0.1, 0.15) is 6.54 Å². The van der Waals surface area contributed by atoms with E-state index in [1.165, 1.54) is 10.4 Å². The van der Waals surface area contributed by atoms with Crippen molar-refractivity contribution in [3.63, 3.8) is 0 Å². The molecule has 1 N–H and O–H groups in total. The van der Waals surface area contributed by atoms with E-state index in [1.807, 2.05) is 36.4 Å². The van der Waals surface area contributed by atoms with Crippen molar-refractivity contribution in [1.82, 2.24) is 25.1 Å². The molecule has 3 aromatic rings. The number of nitrogens with zero attached hydrogens (tertiary/aromatic N) is 5. The fraction of sp³-hybridized carbons (Fsp3) is 0.300. The molecule has 1 aliphatic rings. The van der Waals surface area contributed by atoms with Crippen LogP contribution in [0.4, 0.5) is 5.69 Å². The van der Waals surface area contributed by atoms with Crippen LogP contribution in [0.2, 0.25) is 5.02 Å². The van der Waals surface area contributed by atoms with E-state index in [-0.39, 0.29) is 12.5 Å². The van der Waals surface area contributed by atoms with Gasteiger partial charge in [-0.3, -0.25) is 9.69 Å². The fourth-order valence-electron chi connectivity index (χ4n) is 3.09. The fourth-order valence-corrected chi connectivity index (χ4v) is 3.28. The molecule has 150 valence electrons. The molecule has 0 saturated carbocycles. The molecule has 8 nitrogen and oxygen atoms in total. The molecule has 1 aliphatic heterocycles. The lowest BCUT2D eigenvalue weighted by Gasteiger charge is -2.26. The second-order valence-electron chi connectivity index (χ2n) is 6.79. The van der Waals surface area contributed by atoms with Gasteiger partial charge in [-0.15, -0.1) is 10.2 Å². The quantitative estimate of drug-likeness (QED) is 0.669. The first kappa shape index (κ1) is 19.5. The molecule has 0 aliphatic carbocycles. The van der Waals surface area contributed by atoms with Gasteiger partial charge in [-0.1, -0.05) is 35.9 Å². The third-order valence-corrected chi connectivity index (χ3v) is 4.80. The number of hydrogen-bond acceptors (Lipinski definition) is 6. The average molecular weight is 413 g/mol. The number of anilines is 1. The van der Waals surface area contributed by atoms with Gasteiger partial charge >= 0.3 is 0 Å². The van der Waals surface area contributed by atoms with Crippen LogP contribution in [-0.2, 0) is 22.6 Å². The molecule has 2 heterocycles. The van der Waals surface area contributed by atoms with E-state index >= 15 is 0 Å². The molecule has 4 rings (SSSR count). The highest BCUT2D eigenvalue weighted by molar-refractivity contribution is 6.30. The monoisotopic (exact) mass is 412 g/mol. The Hall–Kier alpha value is -2.81. The van der Waals surface area contributed by atoms with Crippen molar-refractivity contribution in [3.05, 3.63) is 59.1 Å². The highest BCUT2D eigenvalue weighted by atomic mass is 35.5. The lowest BCUT2D eigenvalue weighted by molar-refractivity contribution is -0.117. The van der Waals surface area contributed by atoms with Crippen LogP contribution in [-0.4, -0.2) is 57.3 Å². The van der Waals surface area contributed by atoms with E-state index in [9.17, 15) is 4.79 Å². The Balaban J connectivity index is 1.31. The van der Waals surface area contributed by atoms with Crippen molar-refractivity contribution in [1.29, 1.82) is 0 Å². The summed E-state index contributed by atoms with van der Waals surface area (Å²) in [6, 6.07) is 15.0. The van der Waals surface area contributed by atoms with Gasteiger partial charge in [-0.25, -0.2) is 0 Å². The van der Waals surface area contributed by atoms with Crippen LogP contribution in [0.15, 0.2) is 48.5 Å². The van der Waals surface area contributed by atoms with Crippen molar-refractivity contribution in [2.24, 2.45) is 0 Å². The molecule has 1 saturated heterocycles. The first-order valence-electron chi connectivity index (χ1n) is 9.38. The van der Waals surface area contributed by atoms with E-state index < -0.39 is 0 Å². The maximum absolute atomic E-state index is 12.3. The summed E-state index contributed by atoms with van der Waals surface area (Å²) >= 11 is 5.99. The second-order valence-corrected chi connectivity index (χ2v) is 7.22. The van der Waals surface area contributed by atoms with Gasteiger partial charge in [0.25, 0.3) is 0 Å². The second kappa shape index (κ2) is 9.13. The zero-order valence-corrected chi connectivity index (χ0v) is 16.5. The standard InChI is InChI=1S/C20H21ClN6O2/c21-17-3-1-2-16(12-17)20-23-25-27(24-20)14-19(28)22-18-6-4-15(5-7-18)13-26-8-10-29-11-9-26/h1-7,12H,8-11,13-14H2,(H,22,28). The minimum absolute atomic E-state index is 0.0247. The summed E-state index contributed by atoms with van der Waals surface area (Å²) in [5.74, 6) is 0.203. The lowest BCUT2D eigenvalue weighted by atomic mass is 10.2. The highest BCUT2D eigenvalue weighted by Gasteiger charge is 2.12. The summed E-state index contributed by atoms with van der Waals surface area (Å²) in [6.45, 7) is 4.31. The minimum atomic E-state index is -0.221. The Labute approximate surface area is 173 Å². The number of amides is 1.